The standard InChI is InChI=1S/C24H21ClN4OS2/c1-17-7-13-21(14-8-17)31-15-22-27-28-24(29(22)20-5-3-2-4-6-20)32-16-23(30)26-19-11-9-18(25)10-12-19/h2-14H,15-16H2,1H3,(H,26,30). The third-order valence-corrected chi connectivity index (χ3v) is 6.75. The molecule has 0 radical (unpaired) electrons. The number of aromatic nitrogens is 3. The Labute approximate surface area is 200 Å². The average molecular weight is 481 g/mol. The van der Waals surface area contributed by atoms with Crippen LogP contribution in [0, 0.1) is 6.92 Å². The van der Waals surface area contributed by atoms with E-state index in [4.69, 9.17) is 11.6 Å². The molecule has 8 heteroatoms. The number of nitrogens with one attached hydrogen (secondary N) is 1. The van der Waals surface area contributed by atoms with Crippen LogP contribution in [0.5, 0.6) is 0 Å². The van der Waals surface area contributed by atoms with Crippen molar-refractivity contribution in [1.82, 2.24) is 14.8 Å². The fourth-order valence-corrected chi connectivity index (χ4v) is 4.67. The van der Waals surface area contributed by atoms with Gasteiger partial charge in [0.25, 0.3) is 0 Å². The molecule has 4 aromatic rings. The Morgan fingerprint density at radius 3 is 2.38 bits per heavy atom. The fourth-order valence-electron chi connectivity index (χ4n) is 2.97. The van der Waals surface area contributed by atoms with Crippen LogP contribution in [0.25, 0.3) is 5.69 Å². The van der Waals surface area contributed by atoms with E-state index < -0.39 is 0 Å². The first kappa shape index (κ1) is 22.5. The van der Waals surface area contributed by atoms with Crippen LogP contribution in [0.2, 0.25) is 5.02 Å². The number of halogens is 1. The van der Waals surface area contributed by atoms with Gasteiger partial charge in [0.2, 0.25) is 5.91 Å². The number of carbonyl (C=O) groups excluding carboxylic acids is 1. The molecular weight excluding hydrogens is 460 g/mol. The topological polar surface area (TPSA) is 59.8 Å². The van der Waals surface area contributed by atoms with Crippen LogP contribution in [-0.2, 0) is 10.5 Å². The minimum atomic E-state index is -0.115. The second-order valence-electron chi connectivity index (χ2n) is 7.02. The van der Waals surface area contributed by atoms with Gasteiger partial charge in [-0.1, -0.05) is 59.3 Å². The summed E-state index contributed by atoms with van der Waals surface area (Å²) < 4.78 is 2.02. The van der Waals surface area contributed by atoms with E-state index in [0.717, 1.165) is 11.5 Å². The highest BCUT2D eigenvalue weighted by Gasteiger charge is 2.16. The molecule has 4 rings (SSSR count). The zero-order valence-electron chi connectivity index (χ0n) is 17.4. The number of para-hydroxylation sites is 1. The van der Waals surface area contributed by atoms with Gasteiger partial charge in [-0.05, 0) is 55.5 Å². The van der Waals surface area contributed by atoms with Gasteiger partial charge in [-0.2, -0.15) is 0 Å². The van der Waals surface area contributed by atoms with Crippen molar-refractivity contribution in [3.05, 3.63) is 95.3 Å². The lowest BCUT2D eigenvalue weighted by Gasteiger charge is -2.10. The third kappa shape index (κ3) is 5.94. The third-order valence-electron chi connectivity index (χ3n) is 4.56. The summed E-state index contributed by atoms with van der Waals surface area (Å²) in [5, 5.41) is 13.0. The molecule has 32 heavy (non-hydrogen) atoms. The molecule has 1 amide bonds. The second kappa shape index (κ2) is 10.7. The number of hydrogen-bond acceptors (Lipinski definition) is 5. The van der Waals surface area contributed by atoms with Gasteiger partial charge in [0, 0.05) is 21.3 Å². The van der Waals surface area contributed by atoms with Crippen molar-refractivity contribution in [3.63, 3.8) is 0 Å². The molecule has 1 aromatic heterocycles. The summed E-state index contributed by atoms with van der Waals surface area (Å²) in [7, 11) is 0. The van der Waals surface area contributed by atoms with Gasteiger partial charge in [0.05, 0.1) is 11.5 Å². The van der Waals surface area contributed by atoms with E-state index in [0.29, 0.717) is 21.6 Å². The Hall–Kier alpha value is -2.74. The van der Waals surface area contributed by atoms with E-state index >= 15 is 0 Å². The van der Waals surface area contributed by atoms with Gasteiger partial charge in [-0.25, -0.2) is 0 Å². The van der Waals surface area contributed by atoms with Crippen LogP contribution >= 0.6 is 35.1 Å². The van der Waals surface area contributed by atoms with Crippen molar-refractivity contribution in [3.8, 4) is 5.69 Å². The number of nitrogens with zero attached hydrogens (tertiary/aromatic N) is 3. The van der Waals surface area contributed by atoms with Crippen molar-refractivity contribution in [2.45, 2.75) is 22.7 Å². The molecular formula is C24H21ClN4OS2. The van der Waals surface area contributed by atoms with Gasteiger partial charge in [-0.15, -0.1) is 22.0 Å². The molecule has 0 saturated carbocycles. The molecule has 162 valence electrons. The lowest BCUT2D eigenvalue weighted by Crippen LogP contribution is -2.14. The molecule has 0 bridgehead atoms. The molecule has 0 spiro atoms. The summed E-state index contributed by atoms with van der Waals surface area (Å²) in [5.74, 6) is 1.61. The van der Waals surface area contributed by atoms with E-state index in [-0.39, 0.29) is 11.7 Å². The van der Waals surface area contributed by atoms with Crippen molar-refractivity contribution in [2.24, 2.45) is 0 Å². The number of hydrogen-bond donors (Lipinski definition) is 1. The Morgan fingerprint density at radius 2 is 1.66 bits per heavy atom. The van der Waals surface area contributed by atoms with Crippen LogP contribution in [0.1, 0.15) is 11.4 Å². The van der Waals surface area contributed by atoms with E-state index in [2.05, 4.69) is 46.7 Å². The summed E-state index contributed by atoms with van der Waals surface area (Å²) in [6.45, 7) is 2.08. The molecule has 1 heterocycles. The molecule has 0 aliphatic heterocycles. The van der Waals surface area contributed by atoms with Gasteiger partial charge in [0.1, 0.15) is 5.82 Å². The minimum Gasteiger partial charge on any atom is -0.325 e. The SMILES string of the molecule is Cc1ccc(SCc2nnc(SCC(=O)Nc3ccc(Cl)cc3)n2-c2ccccc2)cc1. The Balaban J connectivity index is 1.48. The molecule has 0 saturated heterocycles. The van der Waals surface area contributed by atoms with E-state index in [1.165, 1.54) is 22.2 Å². The average Bonchev–Trinajstić information content (AvgIpc) is 3.22. The summed E-state index contributed by atoms with van der Waals surface area (Å²) in [6.07, 6.45) is 0. The van der Waals surface area contributed by atoms with Crippen LogP contribution in [-0.4, -0.2) is 26.4 Å². The summed E-state index contributed by atoms with van der Waals surface area (Å²) >= 11 is 8.97. The lowest BCUT2D eigenvalue weighted by atomic mass is 10.2. The predicted molar refractivity (Wildman–Crippen MR) is 133 cm³/mol. The van der Waals surface area contributed by atoms with Crippen LogP contribution < -0.4 is 5.32 Å². The highest BCUT2D eigenvalue weighted by Crippen LogP contribution is 2.27. The van der Waals surface area contributed by atoms with Crippen molar-refractivity contribution in [2.75, 3.05) is 11.1 Å². The number of carbonyl (C=O) groups is 1. The monoisotopic (exact) mass is 480 g/mol. The minimum absolute atomic E-state index is 0.115. The first-order chi connectivity index (χ1) is 15.6. The molecule has 0 aliphatic rings. The maximum absolute atomic E-state index is 12.4. The number of rotatable bonds is 8. The number of benzene rings is 3. The van der Waals surface area contributed by atoms with Crippen molar-refractivity contribution in [1.29, 1.82) is 0 Å². The van der Waals surface area contributed by atoms with Crippen LogP contribution in [0.4, 0.5) is 5.69 Å². The van der Waals surface area contributed by atoms with Crippen LogP contribution in [0.15, 0.2) is 88.9 Å². The largest absolute Gasteiger partial charge is 0.325 e. The molecule has 0 fully saturated rings. The lowest BCUT2D eigenvalue weighted by molar-refractivity contribution is -0.113. The molecule has 0 atom stereocenters. The number of amides is 1. The quantitative estimate of drug-likeness (QED) is 0.302. The normalized spacial score (nSPS) is 10.8. The highest BCUT2D eigenvalue weighted by molar-refractivity contribution is 7.99. The fraction of sp³-hybridized carbons (Fsp3) is 0.125. The number of aryl methyl sites for hydroxylation is 1. The summed E-state index contributed by atoms with van der Waals surface area (Å²) in [5.41, 5.74) is 2.91. The van der Waals surface area contributed by atoms with Gasteiger partial charge in [0.15, 0.2) is 5.16 Å². The van der Waals surface area contributed by atoms with E-state index in [1.54, 1.807) is 36.0 Å². The first-order valence-electron chi connectivity index (χ1n) is 9.96. The smallest absolute Gasteiger partial charge is 0.234 e. The van der Waals surface area contributed by atoms with Crippen LogP contribution in [0.3, 0.4) is 0 Å². The molecule has 0 unspecified atom stereocenters. The van der Waals surface area contributed by atoms with Gasteiger partial charge in [-0.3, -0.25) is 9.36 Å². The number of thioether (sulfide) groups is 2. The molecule has 1 N–H and O–H groups in total. The van der Waals surface area contributed by atoms with Gasteiger partial charge < -0.3 is 5.32 Å². The maximum atomic E-state index is 12.4. The number of anilines is 1. The molecule has 3 aromatic carbocycles. The van der Waals surface area contributed by atoms with Crippen molar-refractivity contribution >= 4 is 46.7 Å². The van der Waals surface area contributed by atoms with Gasteiger partial charge >= 0.3 is 0 Å². The molecule has 5 nitrogen and oxygen atoms in total. The first-order valence-corrected chi connectivity index (χ1v) is 12.3. The zero-order chi connectivity index (χ0) is 22.3. The Kier molecular flexibility index (Phi) is 7.52. The summed E-state index contributed by atoms with van der Waals surface area (Å²) in [4.78, 5) is 13.6. The maximum Gasteiger partial charge on any atom is 0.234 e. The van der Waals surface area contributed by atoms with E-state index in [1.807, 2.05) is 34.9 Å². The summed E-state index contributed by atoms with van der Waals surface area (Å²) in [6, 6.07) is 25.4. The van der Waals surface area contributed by atoms with E-state index in [9.17, 15) is 4.79 Å². The second-order valence-corrected chi connectivity index (χ2v) is 9.44. The Bertz CT molecular complexity index is 1180. The predicted octanol–water partition coefficient (Wildman–Crippen LogP) is 6.25. The highest BCUT2D eigenvalue weighted by atomic mass is 35.5. The molecule has 0 aliphatic carbocycles. The van der Waals surface area contributed by atoms with Crippen molar-refractivity contribution < 1.29 is 4.79 Å². The zero-order valence-corrected chi connectivity index (χ0v) is 19.8. The Morgan fingerprint density at radius 1 is 0.938 bits per heavy atom.